The lowest BCUT2D eigenvalue weighted by Crippen LogP contribution is -2.40. The second kappa shape index (κ2) is 6.52. The van der Waals surface area contributed by atoms with Gasteiger partial charge in [0.15, 0.2) is 0 Å². The molecule has 1 rings (SSSR count). The molecule has 0 aliphatic rings. The van der Waals surface area contributed by atoms with E-state index in [1.807, 2.05) is 32.0 Å². The van der Waals surface area contributed by atoms with Crippen LogP contribution in [-0.4, -0.2) is 17.1 Å². The van der Waals surface area contributed by atoms with Crippen LogP contribution in [0.2, 0.25) is 0 Å². The summed E-state index contributed by atoms with van der Waals surface area (Å²) in [6.07, 6.45) is 0. The molecule has 0 bridgehead atoms. The van der Waals surface area contributed by atoms with E-state index in [9.17, 15) is 4.79 Å². The molecule has 0 spiro atoms. The Hall–Kier alpha value is -0.390. The molecule has 1 aromatic carbocycles. The van der Waals surface area contributed by atoms with E-state index in [0.29, 0.717) is 6.54 Å². The van der Waals surface area contributed by atoms with Crippen LogP contribution in [0.1, 0.15) is 19.4 Å². The highest BCUT2D eigenvalue weighted by Gasteiger charge is 2.20. The number of nitrogens with one attached hydrogen (secondary N) is 1. The summed E-state index contributed by atoms with van der Waals surface area (Å²) in [5.41, 5.74) is 1.04. The third-order valence-electron chi connectivity index (χ3n) is 2.38. The van der Waals surface area contributed by atoms with Crippen LogP contribution in [0.5, 0.6) is 0 Å². The number of benzene rings is 1. The summed E-state index contributed by atoms with van der Waals surface area (Å²) in [6, 6.07) is 5.36. The van der Waals surface area contributed by atoms with E-state index in [4.69, 9.17) is 5.11 Å². The zero-order valence-electron chi connectivity index (χ0n) is 9.71. The molecule has 1 atom stereocenters. The minimum absolute atomic E-state index is 0.0584. The maximum atomic E-state index is 11.0. The maximum absolute atomic E-state index is 11.0. The first-order valence-electron chi connectivity index (χ1n) is 5.31. The number of hydrogen-bond donors (Lipinski definition) is 2. The maximum Gasteiger partial charge on any atom is 0.320 e. The molecule has 0 aromatic heterocycles. The molecule has 0 amide bonds. The average molecular weight is 365 g/mol. The lowest BCUT2D eigenvalue weighted by Gasteiger charge is -2.18. The van der Waals surface area contributed by atoms with Crippen molar-refractivity contribution in [3.05, 3.63) is 32.7 Å². The monoisotopic (exact) mass is 363 g/mol. The summed E-state index contributed by atoms with van der Waals surface area (Å²) >= 11 is 6.81. The van der Waals surface area contributed by atoms with E-state index < -0.39 is 12.0 Å². The van der Waals surface area contributed by atoms with Crippen LogP contribution in [0.25, 0.3) is 0 Å². The van der Waals surface area contributed by atoms with Gasteiger partial charge in [-0.15, -0.1) is 0 Å². The Morgan fingerprint density at radius 2 is 1.82 bits per heavy atom. The Morgan fingerprint density at radius 3 is 2.24 bits per heavy atom. The van der Waals surface area contributed by atoms with Gasteiger partial charge in [-0.2, -0.15) is 0 Å². The summed E-state index contributed by atoms with van der Waals surface area (Å²) in [6.45, 7) is 4.32. The first-order valence-corrected chi connectivity index (χ1v) is 6.90. The average Bonchev–Trinajstić information content (AvgIpc) is 2.14. The van der Waals surface area contributed by atoms with Crippen LogP contribution in [0.3, 0.4) is 0 Å². The largest absolute Gasteiger partial charge is 0.480 e. The Labute approximate surface area is 118 Å². The minimum atomic E-state index is -0.811. The normalized spacial score (nSPS) is 12.8. The fourth-order valence-corrected chi connectivity index (χ4v) is 2.94. The lowest BCUT2D eigenvalue weighted by molar-refractivity contribution is -0.140. The van der Waals surface area contributed by atoms with Crippen molar-refractivity contribution in [1.82, 2.24) is 5.32 Å². The predicted molar refractivity (Wildman–Crippen MR) is 74.9 cm³/mol. The number of hydrogen-bond acceptors (Lipinski definition) is 2. The number of aliphatic carboxylic acids is 1. The number of halogens is 2. The zero-order chi connectivity index (χ0) is 13.0. The number of rotatable bonds is 5. The first kappa shape index (κ1) is 14.7. The van der Waals surface area contributed by atoms with Gasteiger partial charge in [-0.1, -0.05) is 45.7 Å². The van der Waals surface area contributed by atoms with Gasteiger partial charge in [0.1, 0.15) is 6.04 Å². The van der Waals surface area contributed by atoms with Crippen LogP contribution in [-0.2, 0) is 11.3 Å². The third kappa shape index (κ3) is 4.77. The fourth-order valence-electron chi connectivity index (χ4n) is 1.55. The Bertz CT molecular complexity index is 387. The molecule has 94 valence electrons. The van der Waals surface area contributed by atoms with Gasteiger partial charge >= 0.3 is 5.97 Å². The number of carboxylic acids is 1. The summed E-state index contributed by atoms with van der Waals surface area (Å²) in [4.78, 5) is 11.0. The molecular weight excluding hydrogens is 350 g/mol. The fraction of sp³-hybridized carbons (Fsp3) is 0.417. The van der Waals surface area contributed by atoms with Gasteiger partial charge in [0, 0.05) is 15.5 Å². The highest BCUT2D eigenvalue weighted by Crippen LogP contribution is 2.20. The van der Waals surface area contributed by atoms with E-state index in [2.05, 4.69) is 37.2 Å². The van der Waals surface area contributed by atoms with Crippen LogP contribution in [0, 0.1) is 5.92 Å². The molecule has 2 N–H and O–H groups in total. The molecule has 0 fully saturated rings. The highest BCUT2D eigenvalue weighted by atomic mass is 79.9. The van der Waals surface area contributed by atoms with Gasteiger partial charge < -0.3 is 10.4 Å². The van der Waals surface area contributed by atoms with Crippen molar-refractivity contribution < 1.29 is 9.90 Å². The van der Waals surface area contributed by atoms with Gasteiger partial charge in [0.25, 0.3) is 0 Å². The van der Waals surface area contributed by atoms with Gasteiger partial charge in [0.2, 0.25) is 0 Å². The van der Waals surface area contributed by atoms with Crippen molar-refractivity contribution in [2.45, 2.75) is 26.4 Å². The van der Waals surface area contributed by atoms with E-state index in [-0.39, 0.29) is 5.92 Å². The smallest absolute Gasteiger partial charge is 0.320 e. The van der Waals surface area contributed by atoms with Crippen molar-refractivity contribution in [3.63, 3.8) is 0 Å². The standard InChI is InChI=1S/C12H15Br2NO2/c1-7(2)11(12(16)17)15-6-8-3-9(13)5-10(14)4-8/h3-5,7,11,15H,6H2,1-2H3,(H,16,17)/t11-/m0/s1. The third-order valence-corrected chi connectivity index (χ3v) is 3.30. The molecule has 0 heterocycles. The molecule has 0 aliphatic heterocycles. The van der Waals surface area contributed by atoms with Crippen LogP contribution in [0.15, 0.2) is 27.1 Å². The molecule has 0 radical (unpaired) electrons. The highest BCUT2D eigenvalue weighted by molar-refractivity contribution is 9.11. The van der Waals surface area contributed by atoms with Gasteiger partial charge in [-0.25, -0.2) is 0 Å². The van der Waals surface area contributed by atoms with Crippen molar-refractivity contribution in [2.75, 3.05) is 0 Å². The quantitative estimate of drug-likeness (QED) is 0.841. The Morgan fingerprint density at radius 1 is 1.29 bits per heavy atom. The molecule has 0 saturated carbocycles. The van der Waals surface area contributed by atoms with Crippen molar-refractivity contribution in [1.29, 1.82) is 0 Å². The van der Waals surface area contributed by atoms with E-state index >= 15 is 0 Å². The van der Waals surface area contributed by atoms with Crippen molar-refractivity contribution in [3.8, 4) is 0 Å². The second-order valence-corrected chi connectivity index (χ2v) is 6.05. The Balaban J connectivity index is 2.68. The number of carbonyl (C=O) groups is 1. The molecule has 0 unspecified atom stereocenters. The summed E-state index contributed by atoms with van der Waals surface area (Å²) in [7, 11) is 0. The number of carboxylic acid groups (broad SMARTS) is 1. The minimum Gasteiger partial charge on any atom is -0.480 e. The van der Waals surface area contributed by atoms with Gasteiger partial charge in [0.05, 0.1) is 0 Å². The van der Waals surface area contributed by atoms with Crippen molar-refractivity contribution >= 4 is 37.8 Å². The molecule has 3 nitrogen and oxygen atoms in total. The molecule has 0 saturated heterocycles. The van der Waals surface area contributed by atoms with E-state index in [1.54, 1.807) is 0 Å². The van der Waals surface area contributed by atoms with E-state index in [0.717, 1.165) is 14.5 Å². The molecule has 17 heavy (non-hydrogen) atoms. The first-order chi connectivity index (χ1) is 7.90. The molecule has 1 aromatic rings. The van der Waals surface area contributed by atoms with E-state index in [1.165, 1.54) is 0 Å². The van der Waals surface area contributed by atoms with Crippen molar-refractivity contribution in [2.24, 2.45) is 5.92 Å². The zero-order valence-corrected chi connectivity index (χ0v) is 12.9. The molecular formula is C12H15Br2NO2. The molecule has 5 heteroatoms. The SMILES string of the molecule is CC(C)[C@H](NCc1cc(Br)cc(Br)c1)C(=O)O. The second-order valence-electron chi connectivity index (χ2n) is 4.22. The topological polar surface area (TPSA) is 49.3 Å². The predicted octanol–water partition coefficient (Wildman–Crippen LogP) is 3.41. The summed E-state index contributed by atoms with van der Waals surface area (Å²) in [5.74, 6) is -0.753. The van der Waals surface area contributed by atoms with Crippen LogP contribution >= 0.6 is 31.9 Å². The Kier molecular flexibility index (Phi) is 5.62. The summed E-state index contributed by atoms with van der Waals surface area (Å²) < 4.78 is 1.94. The summed E-state index contributed by atoms with van der Waals surface area (Å²) in [5, 5.41) is 12.1. The van der Waals surface area contributed by atoms with Crippen LogP contribution in [0.4, 0.5) is 0 Å². The van der Waals surface area contributed by atoms with Crippen LogP contribution < -0.4 is 5.32 Å². The van der Waals surface area contributed by atoms with Gasteiger partial charge in [-0.05, 0) is 29.7 Å². The lowest BCUT2D eigenvalue weighted by atomic mass is 10.0. The van der Waals surface area contributed by atoms with Gasteiger partial charge in [-0.3, -0.25) is 4.79 Å². The molecule has 0 aliphatic carbocycles.